The highest BCUT2D eigenvalue weighted by molar-refractivity contribution is 7.98. The lowest BCUT2D eigenvalue weighted by Crippen LogP contribution is -2.45. The lowest BCUT2D eigenvalue weighted by atomic mass is 9.85. The number of thioether (sulfide) groups is 1. The third kappa shape index (κ3) is 5.55. The van der Waals surface area contributed by atoms with Crippen molar-refractivity contribution in [1.82, 2.24) is 20.0 Å². The molecule has 1 atom stereocenters. The molecule has 6 nitrogen and oxygen atoms in total. The van der Waals surface area contributed by atoms with Gasteiger partial charge in [0.2, 0.25) is 11.8 Å². The van der Waals surface area contributed by atoms with Crippen LogP contribution in [-0.2, 0) is 29.6 Å². The van der Waals surface area contributed by atoms with Crippen LogP contribution < -0.4 is 5.32 Å². The summed E-state index contributed by atoms with van der Waals surface area (Å²) in [5.41, 5.74) is 4.02. The van der Waals surface area contributed by atoms with Crippen LogP contribution in [0.4, 0.5) is 0 Å². The first kappa shape index (κ1) is 24.4. The van der Waals surface area contributed by atoms with Gasteiger partial charge in [0.25, 0.3) is 0 Å². The molecule has 7 heteroatoms. The van der Waals surface area contributed by atoms with E-state index in [1.54, 1.807) is 11.8 Å². The van der Waals surface area contributed by atoms with Crippen molar-refractivity contribution in [3.8, 4) is 0 Å². The zero-order chi connectivity index (χ0) is 23.5. The fourth-order valence-electron chi connectivity index (χ4n) is 4.58. The van der Waals surface area contributed by atoms with Crippen molar-refractivity contribution in [1.29, 1.82) is 0 Å². The van der Waals surface area contributed by atoms with Crippen LogP contribution in [0.3, 0.4) is 0 Å². The van der Waals surface area contributed by atoms with Gasteiger partial charge in [-0.15, -0.1) is 11.8 Å². The maximum absolute atomic E-state index is 13.3. The highest BCUT2D eigenvalue weighted by Gasteiger charge is 2.38. The van der Waals surface area contributed by atoms with E-state index < -0.39 is 0 Å². The first-order valence-corrected chi connectivity index (χ1v) is 12.6. The van der Waals surface area contributed by atoms with Gasteiger partial charge in [-0.05, 0) is 70.9 Å². The molecule has 1 fully saturated rings. The van der Waals surface area contributed by atoms with E-state index in [9.17, 15) is 9.59 Å². The van der Waals surface area contributed by atoms with Crippen molar-refractivity contribution in [2.45, 2.75) is 82.8 Å². The van der Waals surface area contributed by atoms with Gasteiger partial charge in [0.05, 0.1) is 5.69 Å². The Bertz CT molecular complexity index is 967. The second kappa shape index (κ2) is 10.1. The Labute approximate surface area is 196 Å². The van der Waals surface area contributed by atoms with Gasteiger partial charge in [-0.25, -0.2) is 0 Å². The van der Waals surface area contributed by atoms with Crippen LogP contribution in [0.1, 0.15) is 62.0 Å². The normalized spacial score (nSPS) is 18.3. The number of carbonyl (C=O) groups excluding carboxylic acids is 2. The number of nitrogens with one attached hydrogen (secondary N) is 1. The molecule has 0 aliphatic carbocycles. The van der Waals surface area contributed by atoms with E-state index >= 15 is 0 Å². The van der Waals surface area contributed by atoms with E-state index in [1.165, 1.54) is 10.5 Å². The number of aromatic nitrogens is 2. The van der Waals surface area contributed by atoms with Gasteiger partial charge in [-0.1, -0.05) is 12.1 Å². The van der Waals surface area contributed by atoms with Crippen molar-refractivity contribution < 1.29 is 9.59 Å². The van der Waals surface area contributed by atoms with Crippen LogP contribution in [-0.4, -0.2) is 44.3 Å². The highest BCUT2D eigenvalue weighted by atomic mass is 32.2. The molecule has 174 valence electrons. The minimum absolute atomic E-state index is 0.0838. The molecule has 1 N–H and O–H groups in total. The molecule has 0 bridgehead atoms. The molecular formula is C25H36N4O2S. The summed E-state index contributed by atoms with van der Waals surface area (Å²) in [7, 11) is 1.94. The summed E-state index contributed by atoms with van der Waals surface area (Å²) < 4.78 is 1.87. The lowest BCUT2D eigenvalue weighted by Gasteiger charge is -2.32. The number of aryl methyl sites for hydroxylation is 2. The molecule has 1 aromatic carbocycles. The SMILES string of the molecule is CSc1ccc(C[C@@]2(CCC(=O)N(Cc3c(C)nn(C)c3C)C(C)C)CCC(=O)N2)cc1. The predicted octanol–water partition coefficient (Wildman–Crippen LogP) is 4.17. The summed E-state index contributed by atoms with van der Waals surface area (Å²) in [6, 6.07) is 8.60. The summed E-state index contributed by atoms with van der Waals surface area (Å²) in [6.45, 7) is 8.72. The molecule has 1 aliphatic rings. The number of amides is 2. The molecule has 1 saturated heterocycles. The third-order valence-electron chi connectivity index (χ3n) is 6.69. The molecule has 1 aromatic heterocycles. The topological polar surface area (TPSA) is 67.2 Å². The highest BCUT2D eigenvalue weighted by Crippen LogP contribution is 2.31. The van der Waals surface area contributed by atoms with Crippen LogP contribution in [0.5, 0.6) is 0 Å². The molecule has 2 aromatic rings. The maximum Gasteiger partial charge on any atom is 0.223 e. The Morgan fingerprint density at radius 3 is 2.47 bits per heavy atom. The van der Waals surface area contributed by atoms with Crippen molar-refractivity contribution >= 4 is 23.6 Å². The van der Waals surface area contributed by atoms with E-state index in [0.29, 0.717) is 25.8 Å². The van der Waals surface area contributed by atoms with Crippen molar-refractivity contribution in [2.24, 2.45) is 7.05 Å². The van der Waals surface area contributed by atoms with Gasteiger partial charge in [-0.2, -0.15) is 5.10 Å². The van der Waals surface area contributed by atoms with Gasteiger partial charge in [-0.3, -0.25) is 14.3 Å². The Morgan fingerprint density at radius 1 is 1.28 bits per heavy atom. The van der Waals surface area contributed by atoms with Crippen molar-refractivity contribution in [2.75, 3.05) is 6.26 Å². The molecule has 0 unspecified atom stereocenters. The van der Waals surface area contributed by atoms with Crippen molar-refractivity contribution in [3.63, 3.8) is 0 Å². The number of carbonyl (C=O) groups is 2. The van der Waals surface area contributed by atoms with E-state index in [0.717, 1.165) is 29.8 Å². The molecule has 0 spiro atoms. The Balaban J connectivity index is 1.72. The average Bonchev–Trinajstić information content (AvgIpc) is 3.23. The molecule has 0 radical (unpaired) electrons. The van der Waals surface area contributed by atoms with E-state index in [4.69, 9.17) is 0 Å². The number of rotatable bonds is 9. The maximum atomic E-state index is 13.3. The van der Waals surface area contributed by atoms with Crippen LogP contribution in [0.25, 0.3) is 0 Å². The summed E-state index contributed by atoms with van der Waals surface area (Å²) in [6.07, 6.45) is 5.18. The molecule has 1 aliphatic heterocycles. The minimum atomic E-state index is -0.351. The second-order valence-electron chi connectivity index (χ2n) is 9.24. The Kier molecular flexibility index (Phi) is 7.70. The van der Waals surface area contributed by atoms with Gasteiger partial charge < -0.3 is 10.2 Å². The molecule has 3 rings (SSSR count). The largest absolute Gasteiger partial charge is 0.350 e. The molecule has 2 heterocycles. The summed E-state index contributed by atoms with van der Waals surface area (Å²) in [5.74, 6) is 0.210. The molecule has 0 saturated carbocycles. The van der Waals surface area contributed by atoms with Crippen LogP contribution in [0, 0.1) is 13.8 Å². The second-order valence-corrected chi connectivity index (χ2v) is 10.1. The first-order valence-electron chi connectivity index (χ1n) is 11.4. The number of nitrogens with zero attached hydrogens (tertiary/aromatic N) is 3. The smallest absolute Gasteiger partial charge is 0.223 e. The lowest BCUT2D eigenvalue weighted by molar-refractivity contribution is -0.134. The monoisotopic (exact) mass is 456 g/mol. The zero-order valence-electron chi connectivity index (χ0n) is 20.2. The van der Waals surface area contributed by atoms with Gasteiger partial charge >= 0.3 is 0 Å². The number of hydrogen-bond donors (Lipinski definition) is 1. The van der Waals surface area contributed by atoms with E-state index in [1.807, 2.05) is 30.5 Å². The van der Waals surface area contributed by atoms with Crippen molar-refractivity contribution in [3.05, 3.63) is 46.8 Å². The Hall–Kier alpha value is -2.28. The third-order valence-corrected chi connectivity index (χ3v) is 7.43. The fourth-order valence-corrected chi connectivity index (χ4v) is 4.99. The summed E-state index contributed by atoms with van der Waals surface area (Å²) >= 11 is 1.72. The predicted molar refractivity (Wildman–Crippen MR) is 130 cm³/mol. The summed E-state index contributed by atoms with van der Waals surface area (Å²) in [4.78, 5) is 28.6. The van der Waals surface area contributed by atoms with Crippen LogP contribution in [0.15, 0.2) is 29.2 Å². The molecular weight excluding hydrogens is 420 g/mol. The fraction of sp³-hybridized carbons (Fsp3) is 0.560. The quantitative estimate of drug-likeness (QED) is 0.575. The molecule has 32 heavy (non-hydrogen) atoms. The minimum Gasteiger partial charge on any atom is -0.350 e. The molecule has 2 amide bonds. The first-order chi connectivity index (χ1) is 15.1. The van der Waals surface area contributed by atoms with E-state index in [2.05, 4.69) is 54.8 Å². The average molecular weight is 457 g/mol. The van der Waals surface area contributed by atoms with Crippen LogP contribution in [0.2, 0.25) is 0 Å². The van der Waals surface area contributed by atoms with Gasteiger partial charge in [0.15, 0.2) is 0 Å². The zero-order valence-corrected chi connectivity index (χ0v) is 21.0. The van der Waals surface area contributed by atoms with Gasteiger partial charge in [0.1, 0.15) is 0 Å². The Morgan fingerprint density at radius 2 is 1.97 bits per heavy atom. The van der Waals surface area contributed by atoms with Crippen LogP contribution >= 0.6 is 11.8 Å². The van der Waals surface area contributed by atoms with E-state index in [-0.39, 0.29) is 23.4 Å². The summed E-state index contributed by atoms with van der Waals surface area (Å²) in [5, 5.41) is 7.71. The number of hydrogen-bond acceptors (Lipinski definition) is 4. The number of benzene rings is 1. The van der Waals surface area contributed by atoms with Gasteiger partial charge in [0, 0.05) is 54.2 Å². The standard InChI is InChI=1S/C25H36N4O2S/c1-17(2)29(16-22-18(3)27-28(5)19(22)4)24(31)12-14-25(13-11-23(30)26-25)15-20-7-9-21(32-6)10-8-20/h7-10,17H,11-16H2,1-6H3,(H,26,30)/t25-/m0/s1.